The number of ether oxygens (including phenoxy) is 1. The Bertz CT molecular complexity index is 632. The van der Waals surface area contributed by atoms with Crippen LogP contribution in [0, 0.1) is 12.7 Å². The molecule has 1 saturated carbocycles. The molecule has 0 unspecified atom stereocenters. The number of hydrogen-bond donors (Lipinski definition) is 0. The lowest BCUT2D eigenvalue weighted by atomic mass is 9.96. The SMILES string of the molecule is Cc1ccc(C2(COCc3ccc(F)c(Br)c3)CC2)cc1. The van der Waals surface area contributed by atoms with Gasteiger partial charge in [-0.3, -0.25) is 0 Å². The third kappa shape index (κ3) is 3.35. The van der Waals surface area contributed by atoms with Crippen LogP contribution in [-0.2, 0) is 16.8 Å². The minimum Gasteiger partial charge on any atom is -0.376 e. The maximum absolute atomic E-state index is 13.2. The first kappa shape index (κ1) is 14.7. The molecule has 0 heterocycles. The molecule has 0 radical (unpaired) electrons. The van der Waals surface area contributed by atoms with Gasteiger partial charge >= 0.3 is 0 Å². The van der Waals surface area contributed by atoms with Gasteiger partial charge in [-0.25, -0.2) is 4.39 Å². The molecule has 2 aromatic rings. The number of hydrogen-bond acceptors (Lipinski definition) is 1. The molecule has 1 nitrogen and oxygen atoms in total. The van der Waals surface area contributed by atoms with Gasteiger partial charge in [0.2, 0.25) is 0 Å². The summed E-state index contributed by atoms with van der Waals surface area (Å²) in [7, 11) is 0. The Morgan fingerprint density at radius 3 is 2.48 bits per heavy atom. The third-order valence-corrected chi connectivity index (χ3v) is 4.76. The number of aryl methyl sites for hydroxylation is 1. The summed E-state index contributed by atoms with van der Waals surface area (Å²) in [5, 5.41) is 0. The van der Waals surface area contributed by atoms with E-state index in [9.17, 15) is 4.39 Å². The van der Waals surface area contributed by atoms with Crippen molar-refractivity contribution in [3.8, 4) is 0 Å². The summed E-state index contributed by atoms with van der Waals surface area (Å²) >= 11 is 3.20. The van der Waals surface area contributed by atoms with E-state index in [0.717, 1.165) is 12.2 Å². The molecule has 0 N–H and O–H groups in total. The van der Waals surface area contributed by atoms with Crippen LogP contribution in [-0.4, -0.2) is 6.61 Å². The van der Waals surface area contributed by atoms with Gasteiger partial charge in [0.25, 0.3) is 0 Å². The van der Waals surface area contributed by atoms with Crippen molar-refractivity contribution in [3.63, 3.8) is 0 Å². The fourth-order valence-electron chi connectivity index (χ4n) is 2.57. The second kappa shape index (κ2) is 5.90. The predicted molar refractivity (Wildman–Crippen MR) is 85.8 cm³/mol. The van der Waals surface area contributed by atoms with Crippen molar-refractivity contribution in [2.45, 2.75) is 31.8 Å². The normalized spacial score (nSPS) is 16.0. The molecule has 21 heavy (non-hydrogen) atoms. The van der Waals surface area contributed by atoms with Gasteiger partial charge in [0.05, 0.1) is 17.7 Å². The quantitative estimate of drug-likeness (QED) is 0.726. The van der Waals surface area contributed by atoms with E-state index < -0.39 is 0 Å². The average Bonchev–Trinajstić information content (AvgIpc) is 3.25. The average molecular weight is 349 g/mol. The van der Waals surface area contributed by atoms with Crippen molar-refractivity contribution in [1.29, 1.82) is 0 Å². The van der Waals surface area contributed by atoms with Crippen LogP contribution in [0.4, 0.5) is 4.39 Å². The van der Waals surface area contributed by atoms with Gasteiger partial charge in [0, 0.05) is 5.41 Å². The van der Waals surface area contributed by atoms with E-state index >= 15 is 0 Å². The van der Waals surface area contributed by atoms with Gasteiger partial charge in [0.1, 0.15) is 5.82 Å². The van der Waals surface area contributed by atoms with Gasteiger partial charge in [0.15, 0.2) is 0 Å². The van der Waals surface area contributed by atoms with Gasteiger partial charge in [-0.1, -0.05) is 35.9 Å². The van der Waals surface area contributed by atoms with Crippen LogP contribution in [0.1, 0.15) is 29.5 Å². The van der Waals surface area contributed by atoms with E-state index in [4.69, 9.17) is 4.74 Å². The topological polar surface area (TPSA) is 9.23 Å². The van der Waals surface area contributed by atoms with Crippen LogP contribution in [0.3, 0.4) is 0 Å². The first-order valence-corrected chi connectivity index (χ1v) is 7.97. The van der Waals surface area contributed by atoms with Crippen LogP contribution in [0.2, 0.25) is 0 Å². The smallest absolute Gasteiger partial charge is 0.137 e. The van der Waals surface area contributed by atoms with Crippen LogP contribution in [0.25, 0.3) is 0 Å². The van der Waals surface area contributed by atoms with E-state index in [2.05, 4.69) is 47.1 Å². The van der Waals surface area contributed by atoms with E-state index in [1.54, 1.807) is 12.1 Å². The van der Waals surface area contributed by atoms with E-state index in [-0.39, 0.29) is 11.2 Å². The molecular formula is C18H18BrFO. The highest BCUT2D eigenvalue weighted by atomic mass is 79.9. The summed E-state index contributed by atoms with van der Waals surface area (Å²) in [6.07, 6.45) is 2.37. The lowest BCUT2D eigenvalue weighted by molar-refractivity contribution is 0.100. The van der Waals surface area contributed by atoms with Crippen molar-refractivity contribution >= 4 is 15.9 Å². The lowest BCUT2D eigenvalue weighted by Gasteiger charge is -2.16. The Morgan fingerprint density at radius 2 is 1.86 bits per heavy atom. The molecule has 1 aliphatic rings. The fourth-order valence-corrected chi connectivity index (χ4v) is 2.99. The molecule has 3 heteroatoms. The minimum absolute atomic E-state index is 0.199. The molecule has 0 aliphatic heterocycles. The van der Waals surface area contributed by atoms with E-state index in [1.807, 2.05) is 0 Å². The largest absolute Gasteiger partial charge is 0.376 e. The molecule has 1 aliphatic carbocycles. The molecule has 0 amide bonds. The Hall–Kier alpha value is -1.19. The van der Waals surface area contributed by atoms with Crippen molar-refractivity contribution in [3.05, 3.63) is 69.4 Å². The molecule has 0 atom stereocenters. The standard InChI is InChI=1S/C18H18BrFO/c1-13-2-5-15(6-3-13)18(8-9-18)12-21-11-14-4-7-17(20)16(19)10-14/h2-7,10H,8-9,11-12H2,1H3. The van der Waals surface area contributed by atoms with Crippen molar-refractivity contribution in [2.75, 3.05) is 6.61 Å². The highest BCUT2D eigenvalue weighted by Gasteiger charge is 2.44. The zero-order valence-corrected chi connectivity index (χ0v) is 13.6. The van der Waals surface area contributed by atoms with Gasteiger partial charge in [-0.2, -0.15) is 0 Å². The Labute approximate surface area is 133 Å². The maximum Gasteiger partial charge on any atom is 0.137 e. The molecule has 0 spiro atoms. The molecule has 0 aromatic heterocycles. The van der Waals surface area contributed by atoms with E-state index in [1.165, 1.54) is 30.0 Å². The summed E-state index contributed by atoms with van der Waals surface area (Å²) < 4.78 is 19.6. The van der Waals surface area contributed by atoms with Crippen LogP contribution >= 0.6 is 15.9 Å². The zero-order chi connectivity index (χ0) is 14.9. The second-order valence-electron chi connectivity index (χ2n) is 5.89. The van der Waals surface area contributed by atoms with Crippen molar-refractivity contribution in [1.82, 2.24) is 0 Å². The molecule has 1 fully saturated rings. The highest BCUT2D eigenvalue weighted by Crippen LogP contribution is 2.48. The predicted octanol–water partition coefficient (Wildman–Crippen LogP) is 5.15. The Balaban J connectivity index is 1.60. The lowest BCUT2D eigenvalue weighted by Crippen LogP contribution is -2.15. The first-order chi connectivity index (χ1) is 10.1. The maximum atomic E-state index is 13.2. The molecule has 0 bridgehead atoms. The summed E-state index contributed by atoms with van der Waals surface area (Å²) in [4.78, 5) is 0. The second-order valence-corrected chi connectivity index (χ2v) is 6.74. The molecule has 2 aromatic carbocycles. The molecule has 110 valence electrons. The van der Waals surface area contributed by atoms with Gasteiger partial charge < -0.3 is 4.74 Å². The fraction of sp³-hybridized carbons (Fsp3) is 0.333. The number of halogens is 2. The van der Waals surface area contributed by atoms with Crippen LogP contribution < -0.4 is 0 Å². The van der Waals surface area contributed by atoms with Crippen LogP contribution in [0.15, 0.2) is 46.9 Å². The third-order valence-electron chi connectivity index (χ3n) is 4.15. The van der Waals surface area contributed by atoms with Gasteiger partial charge in [-0.05, 0) is 59.0 Å². The van der Waals surface area contributed by atoms with E-state index in [0.29, 0.717) is 11.1 Å². The molecule has 3 rings (SSSR count). The highest BCUT2D eigenvalue weighted by molar-refractivity contribution is 9.10. The Kier molecular flexibility index (Phi) is 4.14. The number of benzene rings is 2. The first-order valence-electron chi connectivity index (χ1n) is 7.18. The van der Waals surface area contributed by atoms with Gasteiger partial charge in [-0.15, -0.1) is 0 Å². The minimum atomic E-state index is -0.239. The van der Waals surface area contributed by atoms with Crippen LogP contribution in [0.5, 0.6) is 0 Å². The number of rotatable bonds is 5. The summed E-state index contributed by atoms with van der Waals surface area (Å²) in [5.41, 5.74) is 3.84. The summed E-state index contributed by atoms with van der Waals surface area (Å²) in [5.74, 6) is -0.239. The monoisotopic (exact) mass is 348 g/mol. The summed E-state index contributed by atoms with van der Waals surface area (Å²) in [6.45, 7) is 3.35. The molecular weight excluding hydrogens is 331 g/mol. The van der Waals surface area contributed by atoms with Crippen molar-refractivity contribution < 1.29 is 9.13 Å². The Morgan fingerprint density at radius 1 is 1.14 bits per heavy atom. The zero-order valence-electron chi connectivity index (χ0n) is 12.0. The summed E-state index contributed by atoms with van der Waals surface area (Å²) in [6, 6.07) is 13.8. The molecule has 0 saturated heterocycles. The van der Waals surface area contributed by atoms with Crippen molar-refractivity contribution in [2.24, 2.45) is 0 Å².